The molecule has 2 heterocycles. The molecule has 2 atom stereocenters. The zero-order valence-electron chi connectivity index (χ0n) is 14.7. The summed E-state index contributed by atoms with van der Waals surface area (Å²) in [6.45, 7) is 0.501. The summed E-state index contributed by atoms with van der Waals surface area (Å²) in [5, 5.41) is 11.3. The first-order chi connectivity index (χ1) is 12.7. The molecule has 2 aromatic carbocycles. The van der Waals surface area contributed by atoms with Gasteiger partial charge in [-0.15, -0.1) is 0 Å². The van der Waals surface area contributed by atoms with Crippen molar-refractivity contribution in [3.05, 3.63) is 71.4 Å². The highest BCUT2D eigenvalue weighted by molar-refractivity contribution is 5.87. The standard InChI is InChI=1S/C21H22N2O3/c1-26-21(25)18-11-16-15-9-5-6-10-17(15)22-20(16)19(13-24)23(18)12-14-7-3-2-4-8-14/h2-10,18-19,22,24H,11-13H2,1H3/t18-,19+/m0/s1. The fraction of sp³-hybridized carbons (Fsp3) is 0.286. The van der Waals surface area contributed by atoms with Crippen LogP contribution in [0, 0.1) is 0 Å². The molecule has 26 heavy (non-hydrogen) atoms. The highest BCUT2D eigenvalue weighted by Gasteiger charge is 2.40. The van der Waals surface area contributed by atoms with Crippen LogP contribution in [0.1, 0.15) is 22.9 Å². The van der Waals surface area contributed by atoms with Crippen molar-refractivity contribution in [1.82, 2.24) is 9.88 Å². The van der Waals surface area contributed by atoms with Crippen LogP contribution in [-0.2, 0) is 22.5 Å². The first kappa shape index (κ1) is 16.8. The average molecular weight is 350 g/mol. The second kappa shape index (κ2) is 6.94. The van der Waals surface area contributed by atoms with Crippen molar-refractivity contribution in [2.45, 2.75) is 25.0 Å². The molecule has 0 radical (unpaired) electrons. The van der Waals surface area contributed by atoms with Crippen molar-refractivity contribution in [3.8, 4) is 0 Å². The lowest BCUT2D eigenvalue weighted by Gasteiger charge is -2.39. The van der Waals surface area contributed by atoms with Gasteiger partial charge >= 0.3 is 5.97 Å². The normalized spacial score (nSPS) is 20.1. The number of aliphatic hydroxyl groups excluding tert-OH is 1. The maximum Gasteiger partial charge on any atom is 0.323 e. The minimum absolute atomic E-state index is 0.0693. The van der Waals surface area contributed by atoms with E-state index in [9.17, 15) is 9.90 Å². The van der Waals surface area contributed by atoms with Gasteiger partial charge in [-0.2, -0.15) is 0 Å². The maximum atomic E-state index is 12.5. The number of hydrogen-bond donors (Lipinski definition) is 2. The molecule has 2 N–H and O–H groups in total. The number of carbonyl (C=O) groups excluding carboxylic acids is 1. The second-order valence-electron chi connectivity index (χ2n) is 6.66. The van der Waals surface area contributed by atoms with Gasteiger partial charge in [0.25, 0.3) is 0 Å². The molecule has 0 fully saturated rings. The van der Waals surface area contributed by atoms with Gasteiger partial charge in [0.15, 0.2) is 0 Å². The molecular formula is C21H22N2O3. The van der Waals surface area contributed by atoms with Crippen LogP contribution in [-0.4, -0.2) is 40.7 Å². The van der Waals surface area contributed by atoms with Gasteiger partial charge in [-0.05, 0) is 17.2 Å². The van der Waals surface area contributed by atoms with E-state index in [1.807, 2.05) is 53.4 Å². The largest absolute Gasteiger partial charge is 0.468 e. The molecule has 0 spiro atoms. The third-order valence-electron chi connectivity index (χ3n) is 5.23. The number of methoxy groups -OCH3 is 1. The van der Waals surface area contributed by atoms with E-state index in [2.05, 4.69) is 11.1 Å². The third kappa shape index (κ3) is 2.79. The lowest BCUT2D eigenvalue weighted by molar-refractivity contribution is -0.149. The summed E-state index contributed by atoms with van der Waals surface area (Å²) in [6, 6.07) is 17.3. The second-order valence-corrected chi connectivity index (χ2v) is 6.66. The smallest absolute Gasteiger partial charge is 0.323 e. The Hall–Kier alpha value is -2.63. The average Bonchev–Trinajstić information content (AvgIpc) is 3.06. The molecule has 0 saturated carbocycles. The number of para-hydroxylation sites is 1. The molecule has 5 heteroatoms. The molecule has 0 amide bonds. The van der Waals surface area contributed by atoms with Gasteiger partial charge in [0, 0.05) is 29.6 Å². The first-order valence-electron chi connectivity index (χ1n) is 8.80. The summed E-state index contributed by atoms with van der Waals surface area (Å²) in [4.78, 5) is 18.0. The lowest BCUT2D eigenvalue weighted by Crippen LogP contribution is -2.49. The SMILES string of the molecule is COC(=O)[C@@H]1Cc2c([nH]c3ccccc23)[C@@H](CO)N1Cc1ccccc1. The van der Waals surface area contributed by atoms with Gasteiger partial charge in [-0.25, -0.2) is 0 Å². The van der Waals surface area contributed by atoms with E-state index >= 15 is 0 Å². The van der Waals surface area contributed by atoms with E-state index < -0.39 is 6.04 Å². The Bertz CT molecular complexity index is 919. The lowest BCUT2D eigenvalue weighted by atomic mass is 9.91. The number of carbonyl (C=O) groups is 1. The predicted molar refractivity (Wildman–Crippen MR) is 99.6 cm³/mol. The fourth-order valence-electron chi connectivity index (χ4n) is 3.98. The van der Waals surface area contributed by atoms with E-state index in [0.29, 0.717) is 13.0 Å². The molecule has 0 aliphatic carbocycles. The Balaban J connectivity index is 1.81. The molecular weight excluding hydrogens is 328 g/mol. The molecule has 0 bridgehead atoms. The number of nitrogens with zero attached hydrogens (tertiary/aromatic N) is 1. The van der Waals surface area contributed by atoms with E-state index in [0.717, 1.165) is 27.7 Å². The van der Waals surface area contributed by atoms with E-state index in [4.69, 9.17) is 4.74 Å². The molecule has 0 unspecified atom stereocenters. The molecule has 1 aromatic heterocycles. The minimum atomic E-state index is -0.427. The molecule has 1 aliphatic heterocycles. The molecule has 4 rings (SSSR count). The number of aliphatic hydroxyl groups is 1. The fourth-order valence-corrected chi connectivity index (χ4v) is 3.98. The molecule has 134 valence electrons. The van der Waals surface area contributed by atoms with Crippen LogP contribution >= 0.6 is 0 Å². The number of benzene rings is 2. The van der Waals surface area contributed by atoms with Crippen LogP contribution in [0.4, 0.5) is 0 Å². The van der Waals surface area contributed by atoms with Gasteiger partial charge in [0.1, 0.15) is 6.04 Å². The van der Waals surface area contributed by atoms with Gasteiger partial charge in [-0.3, -0.25) is 9.69 Å². The number of esters is 1. The Morgan fingerprint density at radius 3 is 2.65 bits per heavy atom. The number of hydrogen-bond acceptors (Lipinski definition) is 4. The van der Waals surface area contributed by atoms with Gasteiger partial charge in [0.05, 0.1) is 19.8 Å². The Labute approximate surface area is 152 Å². The van der Waals surface area contributed by atoms with Crippen molar-refractivity contribution < 1.29 is 14.6 Å². The number of nitrogens with one attached hydrogen (secondary N) is 1. The van der Waals surface area contributed by atoms with Crippen molar-refractivity contribution in [1.29, 1.82) is 0 Å². The monoisotopic (exact) mass is 350 g/mol. The third-order valence-corrected chi connectivity index (χ3v) is 5.23. The van der Waals surface area contributed by atoms with Crippen LogP contribution in [0.5, 0.6) is 0 Å². The van der Waals surface area contributed by atoms with Crippen LogP contribution in [0.2, 0.25) is 0 Å². The first-order valence-corrected chi connectivity index (χ1v) is 8.80. The maximum absolute atomic E-state index is 12.5. The predicted octanol–water partition coefficient (Wildman–Crippen LogP) is 2.80. The quantitative estimate of drug-likeness (QED) is 0.710. The topological polar surface area (TPSA) is 65.6 Å². The molecule has 3 aromatic rings. The van der Waals surface area contributed by atoms with Gasteiger partial charge in [0.2, 0.25) is 0 Å². The van der Waals surface area contributed by atoms with Crippen molar-refractivity contribution >= 4 is 16.9 Å². The minimum Gasteiger partial charge on any atom is -0.468 e. The van der Waals surface area contributed by atoms with Crippen LogP contribution < -0.4 is 0 Å². The zero-order chi connectivity index (χ0) is 18.1. The summed E-state index contributed by atoms with van der Waals surface area (Å²) < 4.78 is 5.08. The van der Waals surface area contributed by atoms with Crippen LogP contribution in [0.3, 0.4) is 0 Å². The van der Waals surface area contributed by atoms with Crippen molar-refractivity contribution in [3.63, 3.8) is 0 Å². The summed E-state index contributed by atoms with van der Waals surface area (Å²) in [5.41, 5.74) is 4.21. The Morgan fingerprint density at radius 2 is 1.92 bits per heavy atom. The van der Waals surface area contributed by atoms with E-state index in [1.54, 1.807) is 0 Å². The number of ether oxygens (including phenoxy) is 1. The molecule has 0 saturated heterocycles. The number of aromatic amines is 1. The van der Waals surface area contributed by atoms with Gasteiger partial charge in [-0.1, -0.05) is 48.5 Å². The van der Waals surface area contributed by atoms with Crippen LogP contribution in [0.15, 0.2) is 54.6 Å². The highest BCUT2D eigenvalue weighted by atomic mass is 16.5. The summed E-state index contributed by atoms with van der Waals surface area (Å²) in [6.07, 6.45) is 0.565. The van der Waals surface area contributed by atoms with Crippen molar-refractivity contribution in [2.24, 2.45) is 0 Å². The summed E-state index contributed by atoms with van der Waals surface area (Å²) in [7, 11) is 1.42. The number of aromatic nitrogens is 1. The van der Waals surface area contributed by atoms with E-state index in [1.165, 1.54) is 7.11 Å². The summed E-state index contributed by atoms with van der Waals surface area (Å²) in [5.74, 6) is -0.268. The molecule has 1 aliphatic rings. The summed E-state index contributed by atoms with van der Waals surface area (Å²) >= 11 is 0. The Morgan fingerprint density at radius 1 is 1.19 bits per heavy atom. The Kier molecular flexibility index (Phi) is 4.49. The number of H-pyrrole nitrogens is 1. The van der Waals surface area contributed by atoms with Crippen molar-refractivity contribution in [2.75, 3.05) is 13.7 Å². The molecule has 5 nitrogen and oxygen atoms in total. The van der Waals surface area contributed by atoms with Gasteiger partial charge < -0.3 is 14.8 Å². The zero-order valence-corrected chi connectivity index (χ0v) is 14.7. The number of rotatable bonds is 4. The highest BCUT2D eigenvalue weighted by Crippen LogP contribution is 2.38. The van der Waals surface area contributed by atoms with Crippen LogP contribution in [0.25, 0.3) is 10.9 Å². The van der Waals surface area contributed by atoms with E-state index in [-0.39, 0.29) is 18.6 Å². The number of fused-ring (bicyclic) bond motifs is 3.